The summed E-state index contributed by atoms with van der Waals surface area (Å²) in [6.07, 6.45) is 0. The summed E-state index contributed by atoms with van der Waals surface area (Å²) in [7, 11) is 0. The number of nitro groups is 1. The number of imidazole rings is 1. The maximum Gasteiger partial charge on any atom is 0.270 e. The highest BCUT2D eigenvalue weighted by Gasteiger charge is 2.20. The highest BCUT2D eigenvalue weighted by molar-refractivity contribution is 6.06. The van der Waals surface area contributed by atoms with Gasteiger partial charge in [0.2, 0.25) is 0 Å². The highest BCUT2D eigenvalue weighted by atomic mass is 16.6. The Labute approximate surface area is 199 Å². The number of aromatic amines is 1. The third-order valence-corrected chi connectivity index (χ3v) is 5.77. The first kappa shape index (κ1) is 20.5. The van der Waals surface area contributed by atoms with Crippen molar-refractivity contribution in [2.75, 3.05) is 0 Å². The molecule has 6 rings (SSSR count). The molecule has 0 unspecified atom stereocenters. The maximum absolute atomic E-state index is 11.4. The van der Waals surface area contributed by atoms with Crippen LogP contribution < -0.4 is 0 Å². The Hall–Kier alpha value is -5.11. The molecule has 168 valence electrons. The van der Waals surface area contributed by atoms with Crippen LogP contribution in [0, 0.1) is 10.1 Å². The molecule has 0 aliphatic rings. The van der Waals surface area contributed by atoms with Gasteiger partial charge in [-0.15, -0.1) is 0 Å². The van der Waals surface area contributed by atoms with E-state index < -0.39 is 4.92 Å². The quantitative estimate of drug-likeness (QED) is 0.164. The van der Waals surface area contributed by atoms with Gasteiger partial charge < -0.3 is 4.98 Å². The molecule has 2 heterocycles. The van der Waals surface area contributed by atoms with Gasteiger partial charge in [-0.25, -0.2) is 4.98 Å². The molecule has 0 aliphatic carbocycles. The number of fused-ring (bicyclic) bond motifs is 3. The molecule has 0 spiro atoms. The lowest BCUT2D eigenvalue weighted by molar-refractivity contribution is -0.384. The Morgan fingerprint density at radius 2 is 1.51 bits per heavy atom. The molecule has 0 amide bonds. The van der Waals surface area contributed by atoms with Crippen LogP contribution in [-0.2, 0) is 0 Å². The highest BCUT2D eigenvalue weighted by Crippen LogP contribution is 2.35. The van der Waals surface area contributed by atoms with Crippen LogP contribution in [0.2, 0.25) is 0 Å². The summed E-state index contributed by atoms with van der Waals surface area (Å²) in [4.78, 5) is 19.2. The van der Waals surface area contributed by atoms with E-state index in [1.807, 2.05) is 89.5 Å². The smallest absolute Gasteiger partial charge is 0.270 e. The monoisotopic (exact) mass is 458 g/mol. The van der Waals surface area contributed by atoms with E-state index in [2.05, 4.69) is 15.2 Å². The number of benzene rings is 4. The number of aromatic nitrogens is 3. The number of hydrogen-bond acceptors (Lipinski definition) is 5. The van der Waals surface area contributed by atoms with Crippen LogP contribution in [0.3, 0.4) is 0 Å². The fraction of sp³-hybridized carbons (Fsp3) is 0. The normalized spacial score (nSPS) is 11.5. The van der Waals surface area contributed by atoms with Gasteiger partial charge in [-0.1, -0.05) is 48.5 Å². The van der Waals surface area contributed by atoms with Gasteiger partial charge in [-0.3, -0.25) is 14.7 Å². The average molecular weight is 458 g/mol. The number of nitrogens with zero attached hydrogens (tertiary/aromatic N) is 5. The second-order valence-corrected chi connectivity index (χ2v) is 8.00. The topological polar surface area (TPSA) is 101 Å². The number of nitrogens with one attached hydrogen (secondary N) is 1. The summed E-state index contributed by atoms with van der Waals surface area (Å²) in [5, 5.41) is 21.0. The predicted octanol–water partition coefficient (Wildman–Crippen LogP) is 7.50. The molecular formula is C27H18N6O2. The zero-order valence-corrected chi connectivity index (χ0v) is 18.4. The Morgan fingerprint density at radius 3 is 2.29 bits per heavy atom. The molecule has 0 saturated heterocycles. The van der Waals surface area contributed by atoms with Crippen molar-refractivity contribution in [3.8, 4) is 17.1 Å². The SMILES string of the molecule is O=[N+]([O-])c1cccc(-c2nc3[nH]c4ccccc4c3n2-c2ccc(N=Nc3ccccc3)cc2)c1. The molecule has 6 aromatic rings. The number of hydrogen-bond donors (Lipinski definition) is 1. The fourth-order valence-electron chi connectivity index (χ4n) is 4.16. The van der Waals surface area contributed by atoms with Crippen molar-refractivity contribution in [2.24, 2.45) is 10.2 Å². The Bertz CT molecular complexity index is 1720. The van der Waals surface area contributed by atoms with Gasteiger partial charge >= 0.3 is 0 Å². The zero-order chi connectivity index (χ0) is 23.8. The summed E-state index contributed by atoms with van der Waals surface area (Å²) in [5.74, 6) is 0.611. The van der Waals surface area contributed by atoms with Crippen LogP contribution in [0.5, 0.6) is 0 Å². The maximum atomic E-state index is 11.4. The van der Waals surface area contributed by atoms with Crippen molar-refractivity contribution >= 4 is 39.1 Å². The van der Waals surface area contributed by atoms with Crippen LogP contribution in [0.25, 0.3) is 39.1 Å². The molecule has 35 heavy (non-hydrogen) atoms. The van der Waals surface area contributed by atoms with E-state index in [0.29, 0.717) is 22.7 Å². The number of para-hydroxylation sites is 1. The Balaban J connectivity index is 1.50. The van der Waals surface area contributed by atoms with Gasteiger partial charge in [-0.05, 0) is 42.5 Å². The number of azo groups is 1. The number of H-pyrrole nitrogens is 1. The van der Waals surface area contributed by atoms with Crippen LogP contribution >= 0.6 is 0 Å². The second-order valence-electron chi connectivity index (χ2n) is 8.00. The van der Waals surface area contributed by atoms with Crippen molar-refractivity contribution in [1.82, 2.24) is 14.5 Å². The minimum atomic E-state index is -0.398. The lowest BCUT2D eigenvalue weighted by Crippen LogP contribution is -1.98. The third kappa shape index (κ3) is 3.72. The van der Waals surface area contributed by atoms with Gasteiger partial charge in [0.15, 0.2) is 5.65 Å². The number of rotatable bonds is 5. The van der Waals surface area contributed by atoms with Crippen LogP contribution in [-0.4, -0.2) is 19.5 Å². The first-order valence-electron chi connectivity index (χ1n) is 11.0. The first-order valence-corrected chi connectivity index (χ1v) is 11.0. The van der Waals surface area contributed by atoms with Crippen LogP contribution in [0.4, 0.5) is 17.1 Å². The van der Waals surface area contributed by atoms with Crippen molar-refractivity contribution in [3.63, 3.8) is 0 Å². The summed E-state index contributed by atoms with van der Waals surface area (Å²) >= 11 is 0. The number of non-ortho nitro benzene ring substituents is 1. The van der Waals surface area contributed by atoms with Crippen molar-refractivity contribution in [1.29, 1.82) is 0 Å². The van der Waals surface area contributed by atoms with Gasteiger partial charge in [-0.2, -0.15) is 10.2 Å². The van der Waals surface area contributed by atoms with E-state index in [0.717, 1.165) is 27.8 Å². The largest absolute Gasteiger partial charge is 0.338 e. The summed E-state index contributed by atoms with van der Waals surface area (Å²) < 4.78 is 2.02. The molecule has 2 aromatic heterocycles. The van der Waals surface area contributed by atoms with E-state index in [-0.39, 0.29) is 5.69 Å². The van der Waals surface area contributed by atoms with Gasteiger partial charge in [0.1, 0.15) is 5.82 Å². The van der Waals surface area contributed by atoms with Crippen LogP contribution in [0.1, 0.15) is 0 Å². The van der Waals surface area contributed by atoms with E-state index >= 15 is 0 Å². The van der Waals surface area contributed by atoms with Crippen molar-refractivity contribution < 1.29 is 4.92 Å². The molecule has 0 aliphatic heterocycles. The summed E-state index contributed by atoms with van der Waals surface area (Å²) in [6, 6.07) is 31.7. The predicted molar refractivity (Wildman–Crippen MR) is 136 cm³/mol. The lowest BCUT2D eigenvalue weighted by atomic mass is 10.1. The third-order valence-electron chi connectivity index (χ3n) is 5.77. The Morgan fingerprint density at radius 1 is 0.800 bits per heavy atom. The molecule has 0 atom stereocenters. The minimum Gasteiger partial charge on any atom is -0.338 e. The Kier molecular flexibility index (Phi) is 4.89. The van der Waals surface area contributed by atoms with E-state index in [4.69, 9.17) is 4.98 Å². The van der Waals surface area contributed by atoms with Gasteiger partial charge in [0, 0.05) is 34.3 Å². The van der Waals surface area contributed by atoms with E-state index in [9.17, 15) is 10.1 Å². The van der Waals surface area contributed by atoms with E-state index in [1.54, 1.807) is 12.1 Å². The standard InChI is InChI=1S/C27H18N6O2/c34-33(35)22-10-6-7-18(17-22)27-29-26-25(23-11-4-5-12-24(23)28-26)32(27)21-15-13-20(14-16-21)31-30-19-8-2-1-3-9-19/h1-17,28H. The van der Waals surface area contributed by atoms with Crippen molar-refractivity contribution in [3.05, 3.63) is 113 Å². The van der Waals surface area contributed by atoms with Crippen molar-refractivity contribution in [2.45, 2.75) is 0 Å². The molecule has 1 N–H and O–H groups in total. The molecule has 4 aromatic carbocycles. The first-order chi connectivity index (χ1) is 17.2. The second kappa shape index (κ2) is 8.35. The molecular weight excluding hydrogens is 440 g/mol. The van der Waals surface area contributed by atoms with Crippen LogP contribution in [0.15, 0.2) is 113 Å². The molecule has 0 fully saturated rings. The molecule has 0 bridgehead atoms. The summed E-state index contributed by atoms with van der Waals surface area (Å²) in [5.41, 5.74) is 5.60. The average Bonchev–Trinajstić information content (AvgIpc) is 3.45. The van der Waals surface area contributed by atoms with Gasteiger partial charge in [0.25, 0.3) is 5.69 Å². The molecule has 8 nitrogen and oxygen atoms in total. The molecule has 8 heteroatoms. The molecule has 0 saturated carbocycles. The van der Waals surface area contributed by atoms with E-state index in [1.165, 1.54) is 6.07 Å². The van der Waals surface area contributed by atoms with Gasteiger partial charge in [0.05, 0.1) is 21.8 Å². The zero-order valence-electron chi connectivity index (χ0n) is 18.4. The number of nitro benzene ring substituents is 1. The summed E-state index contributed by atoms with van der Waals surface area (Å²) in [6.45, 7) is 0. The lowest BCUT2D eigenvalue weighted by Gasteiger charge is -2.10. The molecule has 0 radical (unpaired) electrons. The fourth-order valence-corrected chi connectivity index (χ4v) is 4.16. The minimum absolute atomic E-state index is 0.0160.